The number of benzene rings is 1. The highest BCUT2D eigenvalue weighted by Crippen LogP contribution is 2.35. The lowest BCUT2D eigenvalue weighted by Gasteiger charge is -1.99. The van der Waals surface area contributed by atoms with Crippen LogP contribution in [-0.4, -0.2) is 12.1 Å². The van der Waals surface area contributed by atoms with E-state index in [1.54, 1.807) is 13.3 Å². The number of hydrogen-bond donors (Lipinski definition) is 0. The number of fused-ring (bicyclic) bond motifs is 3. The Hall–Kier alpha value is -1.55. The van der Waals surface area contributed by atoms with Crippen LogP contribution in [-0.2, 0) is 0 Å². The second-order valence-corrected chi connectivity index (χ2v) is 4.35. The molecule has 0 spiro atoms. The van der Waals surface area contributed by atoms with E-state index in [0.29, 0.717) is 5.71 Å². The highest BCUT2D eigenvalue weighted by atomic mass is 79.9. The van der Waals surface area contributed by atoms with Crippen LogP contribution in [0.2, 0.25) is 0 Å². The largest absolute Gasteiger partial charge is 0.496 e. The predicted molar refractivity (Wildman–Crippen MR) is 65.8 cm³/mol. The molecule has 0 unspecified atom stereocenters. The summed E-state index contributed by atoms with van der Waals surface area (Å²) in [5.41, 5.74) is 1.42. The molecule has 0 saturated heterocycles. The first-order valence-corrected chi connectivity index (χ1v) is 5.59. The Morgan fingerprint density at radius 1 is 1.31 bits per heavy atom. The third-order valence-corrected chi connectivity index (χ3v) is 3.01. The van der Waals surface area contributed by atoms with Crippen LogP contribution in [0, 0.1) is 0 Å². The standard InChI is InChI=1S/C12H8BrNO2/c1-15-10-4-5-14-12-11(10)8-6-7(13)2-3-9(8)16-12/h2-6H,1H3. The lowest BCUT2D eigenvalue weighted by atomic mass is 10.2. The fourth-order valence-electron chi connectivity index (χ4n) is 1.81. The van der Waals surface area contributed by atoms with Crippen molar-refractivity contribution in [3.8, 4) is 5.75 Å². The number of halogens is 1. The number of rotatable bonds is 1. The summed E-state index contributed by atoms with van der Waals surface area (Å²) >= 11 is 3.45. The maximum absolute atomic E-state index is 5.64. The molecule has 0 saturated carbocycles. The van der Waals surface area contributed by atoms with E-state index in [1.807, 2.05) is 24.3 Å². The van der Waals surface area contributed by atoms with Crippen molar-refractivity contribution < 1.29 is 9.15 Å². The van der Waals surface area contributed by atoms with Crippen LogP contribution < -0.4 is 4.74 Å². The molecule has 16 heavy (non-hydrogen) atoms. The molecule has 1 aromatic carbocycles. The Balaban J connectivity index is 2.54. The smallest absolute Gasteiger partial charge is 0.231 e. The number of nitrogens with zero attached hydrogens (tertiary/aromatic N) is 1. The van der Waals surface area contributed by atoms with E-state index in [1.165, 1.54) is 0 Å². The molecule has 0 aliphatic heterocycles. The predicted octanol–water partition coefficient (Wildman–Crippen LogP) is 3.75. The number of furan rings is 1. The molecule has 4 heteroatoms. The minimum absolute atomic E-state index is 0.604. The number of aromatic nitrogens is 1. The van der Waals surface area contributed by atoms with E-state index in [-0.39, 0.29) is 0 Å². The summed E-state index contributed by atoms with van der Waals surface area (Å²) in [7, 11) is 1.64. The van der Waals surface area contributed by atoms with Gasteiger partial charge in [-0.2, -0.15) is 0 Å². The van der Waals surface area contributed by atoms with Crippen molar-refractivity contribution >= 4 is 38.0 Å². The topological polar surface area (TPSA) is 35.3 Å². The van der Waals surface area contributed by atoms with E-state index in [9.17, 15) is 0 Å². The summed E-state index contributed by atoms with van der Waals surface area (Å²) in [5, 5.41) is 1.93. The fourth-order valence-corrected chi connectivity index (χ4v) is 2.17. The molecule has 0 radical (unpaired) electrons. The van der Waals surface area contributed by atoms with Gasteiger partial charge >= 0.3 is 0 Å². The van der Waals surface area contributed by atoms with E-state index in [4.69, 9.17) is 9.15 Å². The summed E-state index contributed by atoms with van der Waals surface area (Å²) in [5.74, 6) is 0.779. The van der Waals surface area contributed by atoms with Crippen molar-refractivity contribution in [1.29, 1.82) is 0 Å². The van der Waals surface area contributed by atoms with Crippen LogP contribution >= 0.6 is 15.9 Å². The second kappa shape index (κ2) is 3.49. The Morgan fingerprint density at radius 2 is 2.19 bits per heavy atom. The quantitative estimate of drug-likeness (QED) is 0.680. The van der Waals surface area contributed by atoms with Crippen molar-refractivity contribution in [3.63, 3.8) is 0 Å². The van der Waals surface area contributed by atoms with Gasteiger partial charge in [0.2, 0.25) is 5.71 Å². The Kier molecular flexibility index (Phi) is 2.11. The van der Waals surface area contributed by atoms with Crippen LogP contribution in [0.25, 0.3) is 22.1 Å². The molecule has 0 aliphatic rings. The fraction of sp³-hybridized carbons (Fsp3) is 0.0833. The molecule has 0 amide bonds. The van der Waals surface area contributed by atoms with Gasteiger partial charge in [0.25, 0.3) is 0 Å². The van der Waals surface area contributed by atoms with Gasteiger partial charge < -0.3 is 9.15 Å². The normalized spacial score (nSPS) is 11.1. The molecule has 0 bridgehead atoms. The zero-order valence-electron chi connectivity index (χ0n) is 8.53. The highest BCUT2D eigenvalue weighted by molar-refractivity contribution is 9.10. The van der Waals surface area contributed by atoms with Gasteiger partial charge in [-0.15, -0.1) is 0 Å². The lowest BCUT2D eigenvalue weighted by Crippen LogP contribution is -1.84. The van der Waals surface area contributed by atoms with Crippen LogP contribution in [0.15, 0.2) is 39.4 Å². The Morgan fingerprint density at radius 3 is 3.00 bits per heavy atom. The van der Waals surface area contributed by atoms with Crippen molar-refractivity contribution in [3.05, 3.63) is 34.9 Å². The minimum atomic E-state index is 0.604. The number of methoxy groups -OCH3 is 1. The third kappa shape index (κ3) is 1.30. The van der Waals surface area contributed by atoms with Crippen molar-refractivity contribution in [2.45, 2.75) is 0 Å². The minimum Gasteiger partial charge on any atom is -0.496 e. The average Bonchev–Trinajstić information content (AvgIpc) is 2.66. The van der Waals surface area contributed by atoms with E-state index in [0.717, 1.165) is 26.6 Å². The molecule has 0 fully saturated rings. The van der Waals surface area contributed by atoms with E-state index >= 15 is 0 Å². The maximum Gasteiger partial charge on any atom is 0.231 e. The van der Waals surface area contributed by atoms with Gasteiger partial charge in [-0.3, -0.25) is 0 Å². The summed E-state index contributed by atoms with van der Waals surface area (Å²) < 4.78 is 12.0. The van der Waals surface area contributed by atoms with E-state index < -0.39 is 0 Å². The Bertz CT molecular complexity index is 675. The average molecular weight is 278 g/mol. The molecular formula is C12H8BrNO2. The highest BCUT2D eigenvalue weighted by Gasteiger charge is 2.12. The summed E-state index contributed by atoms with van der Waals surface area (Å²) in [4.78, 5) is 4.19. The molecular weight excluding hydrogens is 270 g/mol. The van der Waals surface area contributed by atoms with Crippen molar-refractivity contribution in [2.24, 2.45) is 0 Å². The van der Waals surface area contributed by atoms with Crippen molar-refractivity contribution in [1.82, 2.24) is 4.98 Å². The molecule has 80 valence electrons. The second-order valence-electron chi connectivity index (χ2n) is 3.44. The number of pyridine rings is 1. The molecule has 3 nitrogen and oxygen atoms in total. The van der Waals surface area contributed by atoms with Gasteiger partial charge in [0.05, 0.1) is 12.5 Å². The third-order valence-electron chi connectivity index (χ3n) is 2.52. The molecule has 0 atom stereocenters. The van der Waals surface area contributed by atoms with Crippen LogP contribution in [0.1, 0.15) is 0 Å². The summed E-state index contributed by atoms with van der Waals surface area (Å²) in [6.45, 7) is 0. The molecule has 2 aromatic heterocycles. The lowest BCUT2D eigenvalue weighted by molar-refractivity contribution is 0.419. The van der Waals surface area contributed by atoms with Gasteiger partial charge in [0, 0.05) is 16.1 Å². The van der Waals surface area contributed by atoms with Crippen molar-refractivity contribution in [2.75, 3.05) is 7.11 Å². The van der Waals surface area contributed by atoms with Crippen LogP contribution in [0.4, 0.5) is 0 Å². The maximum atomic E-state index is 5.64. The van der Waals surface area contributed by atoms with Crippen LogP contribution in [0.3, 0.4) is 0 Å². The SMILES string of the molecule is COc1ccnc2oc3ccc(Br)cc3c12. The monoisotopic (exact) mass is 277 g/mol. The Labute approximate surface area is 100 Å². The van der Waals surface area contributed by atoms with Gasteiger partial charge in [0.1, 0.15) is 11.3 Å². The summed E-state index contributed by atoms with van der Waals surface area (Å²) in [6, 6.07) is 7.70. The number of ether oxygens (including phenoxy) is 1. The first kappa shape index (κ1) is 9.66. The van der Waals surface area contributed by atoms with Crippen LogP contribution in [0.5, 0.6) is 5.75 Å². The molecule has 0 aliphatic carbocycles. The van der Waals surface area contributed by atoms with E-state index in [2.05, 4.69) is 20.9 Å². The first-order chi connectivity index (χ1) is 7.79. The van der Waals surface area contributed by atoms with Gasteiger partial charge in [-0.05, 0) is 24.3 Å². The first-order valence-electron chi connectivity index (χ1n) is 4.80. The van der Waals surface area contributed by atoms with Gasteiger partial charge in [-0.1, -0.05) is 15.9 Å². The zero-order valence-corrected chi connectivity index (χ0v) is 10.1. The molecule has 2 heterocycles. The number of hydrogen-bond acceptors (Lipinski definition) is 3. The zero-order chi connectivity index (χ0) is 11.1. The molecule has 3 aromatic rings. The summed E-state index contributed by atoms with van der Waals surface area (Å²) in [6.07, 6.45) is 1.68. The molecule has 0 N–H and O–H groups in total. The van der Waals surface area contributed by atoms with Gasteiger partial charge in [-0.25, -0.2) is 4.98 Å². The molecule has 3 rings (SSSR count). The van der Waals surface area contributed by atoms with Gasteiger partial charge in [0.15, 0.2) is 0 Å².